The van der Waals surface area contributed by atoms with Crippen LogP contribution in [-0.4, -0.2) is 27.4 Å². The Morgan fingerprint density at radius 2 is 2.12 bits per heavy atom. The SMILES string of the molecule is CNCc1cc(Cl)ccc1OCCCOC. The van der Waals surface area contributed by atoms with Gasteiger partial charge in [0.25, 0.3) is 0 Å². The molecule has 0 aliphatic heterocycles. The zero-order valence-corrected chi connectivity index (χ0v) is 10.5. The molecular weight excluding hydrogens is 226 g/mol. The van der Waals surface area contributed by atoms with E-state index in [2.05, 4.69) is 5.32 Å². The van der Waals surface area contributed by atoms with Crippen molar-refractivity contribution < 1.29 is 9.47 Å². The summed E-state index contributed by atoms with van der Waals surface area (Å²) in [6.45, 7) is 2.13. The summed E-state index contributed by atoms with van der Waals surface area (Å²) in [6, 6.07) is 5.66. The van der Waals surface area contributed by atoms with E-state index in [0.29, 0.717) is 6.61 Å². The molecule has 16 heavy (non-hydrogen) atoms. The Bertz CT molecular complexity index is 318. The number of methoxy groups -OCH3 is 1. The molecule has 0 saturated heterocycles. The van der Waals surface area contributed by atoms with Crippen molar-refractivity contribution in [2.24, 2.45) is 0 Å². The lowest BCUT2D eigenvalue weighted by Gasteiger charge is -2.11. The molecule has 0 saturated carbocycles. The van der Waals surface area contributed by atoms with Crippen LogP contribution in [0.5, 0.6) is 5.75 Å². The number of nitrogens with one attached hydrogen (secondary N) is 1. The van der Waals surface area contributed by atoms with Crippen molar-refractivity contribution in [2.75, 3.05) is 27.4 Å². The smallest absolute Gasteiger partial charge is 0.123 e. The first-order valence-electron chi connectivity index (χ1n) is 5.32. The first-order valence-corrected chi connectivity index (χ1v) is 5.70. The standard InChI is InChI=1S/C12H18ClNO2/c1-14-9-10-8-11(13)4-5-12(10)16-7-3-6-15-2/h4-5,8,14H,3,6-7,9H2,1-2H3. The molecule has 0 bridgehead atoms. The minimum atomic E-state index is 0.659. The third kappa shape index (κ3) is 4.39. The lowest BCUT2D eigenvalue weighted by molar-refractivity contribution is 0.172. The summed E-state index contributed by atoms with van der Waals surface area (Å²) in [7, 11) is 3.59. The lowest BCUT2D eigenvalue weighted by atomic mass is 10.2. The zero-order chi connectivity index (χ0) is 11.8. The van der Waals surface area contributed by atoms with Gasteiger partial charge >= 0.3 is 0 Å². The molecule has 0 amide bonds. The Kier molecular flexibility index (Phi) is 6.23. The van der Waals surface area contributed by atoms with Gasteiger partial charge in [-0.15, -0.1) is 0 Å². The van der Waals surface area contributed by atoms with E-state index in [1.807, 2.05) is 25.2 Å². The minimum Gasteiger partial charge on any atom is -0.493 e. The predicted molar refractivity (Wildman–Crippen MR) is 66.2 cm³/mol. The zero-order valence-electron chi connectivity index (χ0n) is 9.75. The van der Waals surface area contributed by atoms with Crippen molar-refractivity contribution in [3.05, 3.63) is 28.8 Å². The van der Waals surface area contributed by atoms with Gasteiger partial charge in [-0.1, -0.05) is 11.6 Å². The third-order valence-corrected chi connectivity index (χ3v) is 2.38. The molecular formula is C12H18ClNO2. The highest BCUT2D eigenvalue weighted by atomic mass is 35.5. The topological polar surface area (TPSA) is 30.5 Å². The van der Waals surface area contributed by atoms with Crippen LogP contribution in [0.25, 0.3) is 0 Å². The molecule has 0 atom stereocenters. The fraction of sp³-hybridized carbons (Fsp3) is 0.500. The van der Waals surface area contributed by atoms with Crippen molar-refractivity contribution in [1.82, 2.24) is 5.32 Å². The molecule has 0 aliphatic carbocycles. The Morgan fingerprint density at radius 1 is 1.31 bits per heavy atom. The summed E-state index contributed by atoms with van der Waals surface area (Å²) >= 11 is 5.93. The van der Waals surface area contributed by atoms with Crippen LogP contribution in [0.1, 0.15) is 12.0 Å². The highest BCUT2D eigenvalue weighted by Gasteiger charge is 2.03. The molecule has 4 heteroatoms. The number of ether oxygens (including phenoxy) is 2. The van der Waals surface area contributed by atoms with E-state index in [1.54, 1.807) is 7.11 Å². The second-order valence-corrected chi connectivity index (χ2v) is 3.91. The van der Waals surface area contributed by atoms with Crippen LogP contribution in [0, 0.1) is 0 Å². The van der Waals surface area contributed by atoms with Crippen molar-refractivity contribution in [3.8, 4) is 5.75 Å². The van der Waals surface area contributed by atoms with Gasteiger partial charge in [-0.2, -0.15) is 0 Å². The molecule has 0 unspecified atom stereocenters. The maximum atomic E-state index is 5.93. The molecule has 0 aliphatic rings. The van der Waals surface area contributed by atoms with E-state index in [-0.39, 0.29) is 0 Å². The molecule has 0 radical (unpaired) electrons. The first-order chi connectivity index (χ1) is 7.77. The Balaban J connectivity index is 2.56. The second-order valence-electron chi connectivity index (χ2n) is 3.48. The molecule has 0 spiro atoms. The molecule has 0 heterocycles. The summed E-state index contributed by atoms with van der Waals surface area (Å²) in [6.07, 6.45) is 0.887. The van der Waals surface area contributed by atoms with E-state index in [1.165, 1.54) is 0 Å². The molecule has 1 N–H and O–H groups in total. The van der Waals surface area contributed by atoms with Gasteiger partial charge in [0.1, 0.15) is 5.75 Å². The van der Waals surface area contributed by atoms with Gasteiger partial charge in [0.2, 0.25) is 0 Å². The van der Waals surface area contributed by atoms with Crippen LogP contribution in [0.3, 0.4) is 0 Å². The Hall–Kier alpha value is -0.770. The normalized spacial score (nSPS) is 10.4. The molecule has 1 rings (SSSR count). The van der Waals surface area contributed by atoms with Gasteiger partial charge in [0.15, 0.2) is 0 Å². The fourth-order valence-electron chi connectivity index (χ4n) is 1.40. The van der Waals surface area contributed by atoms with Gasteiger partial charge in [0.05, 0.1) is 6.61 Å². The number of benzene rings is 1. The predicted octanol–water partition coefficient (Wildman–Crippen LogP) is 2.47. The average Bonchev–Trinajstić information content (AvgIpc) is 2.27. The van der Waals surface area contributed by atoms with Crippen LogP contribution in [0.15, 0.2) is 18.2 Å². The largest absolute Gasteiger partial charge is 0.493 e. The van der Waals surface area contributed by atoms with Crippen LogP contribution >= 0.6 is 11.6 Å². The van der Waals surface area contributed by atoms with E-state index in [4.69, 9.17) is 21.1 Å². The molecule has 1 aromatic rings. The van der Waals surface area contributed by atoms with E-state index < -0.39 is 0 Å². The van der Waals surface area contributed by atoms with Crippen molar-refractivity contribution in [2.45, 2.75) is 13.0 Å². The van der Waals surface area contributed by atoms with Gasteiger partial charge in [-0.25, -0.2) is 0 Å². The lowest BCUT2D eigenvalue weighted by Crippen LogP contribution is -2.08. The number of hydrogen-bond donors (Lipinski definition) is 1. The molecule has 0 aromatic heterocycles. The summed E-state index contributed by atoms with van der Waals surface area (Å²) in [4.78, 5) is 0. The fourth-order valence-corrected chi connectivity index (χ4v) is 1.60. The maximum absolute atomic E-state index is 5.93. The Morgan fingerprint density at radius 3 is 2.81 bits per heavy atom. The van der Waals surface area contributed by atoms with Crippen LogP contribution in [-0.2, 0) is 11.3 Å². The highest BCUT2D eigenvalue weighted by Crippen LogP contribution is 2.22. The third-order valence-electron chi connectivity index (χ3n) is 2.14. The summed E-state index contributed by atoms with van der Waals surface area (Å²) < 4.78 is 10.6. The van der Waals surface area contributed by atoms with Crippen LogP contribution in [0.4, 0.5) is 0 Å². The maximum Gasteiger partial charge on any atom is 0.123 e. The molecule has 90 valence electrons. The van der Waals surface area contributed by atoms with Gasteiger partial charge in [0, 0.05) is 37.3 Å². The van der Waals surface area contributed by atoms with Gasteiger partial charge in [-0.3, -0.25) is 0 Å². The molecule has 3 nitrogen and oxygen atoms in total. The monoisotopic (exact) mass is 243 g/mol. The van der Waals surface area contributed by atoms with E-state index >= 15 is 0 Å². The van der Waals surface area contributed by atoms with Gasteiger partial charge in [-0.05, 0) is 25.2 Å². The van der Waals surface area contributed by atoms with E-state index in [0.717, 1.165) is 35.9 Å². The van der Waals surface area contributed by atoms with E-state index in [9.17, 15) is 0 Å². The van der Waals surface area contributed by atoms with Crippen molar-refractivity contribution >= 4 is 11.6 Å². The summed E-state index contributed by atoms with van der Waals surface area (Å²) in [5, 5.41) is 3.82. The van der Waals surface area contributed by atoms with Gasteiger partial charge < -0.3 is 14.8 Å². The Labute approximate surface area is 102 Å². The molecule has 0 fully saturated rings. The highest BCUT2D eigenvalue weighted by molar-refractivity contribution is 6.30. The minimum absolute atomic E-state index is 0.659. The number of rotatable bonds is 7. The first kappa shape index (κ1) is 13.3. The second kappa shape index (κ2) is 7.49. The summed E-state index contributed by atoms with van der Waals surface area (Å²) in [5.41, 5.74) is 1.08. The quantitative estimate of drug-likeness (QED) is 0.747. The van der Waals surface area contributed by atoms with Crippen LogP contribution < -0.4 is 10.1 Å². The molecule has 1 aromatic carbocycles. The average molecular weight is 244 g/mol. The van der Waals surface area contributed by atoms with Crippen LogP contribution in [0.2, 0.25) is 5.02 Å². The number of hydrogen-bond acceptors (Lipinski definition) is 3. The van der Waals surface area contributed by atoms with Crippen molar-refractivity contribution in [1.29, 1.82) is 0 Å². The van der Waals surface area contributed by atoms with Crippen molar-refractivity contribution in [3.63, 3.8) is 0 Å². The number of halogens is 1. The summed E-state index contributed by atoms with van der Waals surface area (Å²) in [5.74, 6) is 0.884.